The molecule has 66 valence electrons. The Morgan fingerprint density at radius 2 is 1.91 bits per heavy atom. The molecular formula is C8H18O2Si. The fraction of sp³-hybridized carbons (Fsp3) is 0.750. The van der Waals surface area contributed by atoms with Crippen LogP contribution in [-0.2, 0) is 9.47 Å². The van der Waals surface area contributed by atoms with Crippen molar-refractivity contribution in [1.29, 1.82) is 0 Å². The van der Waals surface area contributed by atoms with Crippen LogP contribution in [0.5, 0.6) is 0 Å². The SMILES string of the molecule is C=CC[SiH2]C(OCC)OCC. The van der Waals surface area contributed by atoms with Crippen molar-refractivity contribution in [2.24, 2.45) is 0 Å². The summed E-state index contributed by atoms with van der Waals surface area (Å²) in [6, 6.07) is 1.09. The summed E-state index contributed by atoms with van der Waals surface area (Å²) in [5, 5.41) is 0. The van der Waals surface area contributed by atoms with Crippen LogP contribution in [0.4, 0.5) is 0 Å². The fourth-order valence-electron chi connectivity index (χ4n) is 0.840. The van der Waals surface area contributed by atoms with Crippen LogP contribution < -0.4 is 0 Å². The van der Waals surface area contributed by atoms with Crippen LogP contribution in [0.1, 0.15) is 13.8 Å². The molecular weight excluding hydrogens is 156 g/mol. The molecule has 0 fully saturated rings. The Morgan fingerprint density at radius 3 is 2.27 bits per heavy atom. The predicted molar refractivity (Wildman–Crippen MR) is 50.6 cm³/mol. The van der Waals surface area contributed by atoms with Crippen molar-refractivity contribution >= 4 is 9.52 Å². The summed E-state index contributed by atoms with van der Waals surface area (Å²) in [4.78, 5) is 0. The quantitative estimate of drug-likeness (QED) is 0.327. The Kier molecular flexibility index (Phi) is 7.89. The molecule has 0 radical (unpaired) electrons. The van der Waals surface area contributed by atoms with E-state index < -0.39 is 0 Å². The van der Waals surface area contributed by atoms with Crippen molar-refractivity contribution in [3.63, 3.8) is 0 Å². The molecule has 0 aromatic carbocycles. The largest absolute Gasteiger partial charge is 0.357 e. The minimum Gasteiger partial charge on any atom is -0.357 e. The van der Waals surface area contributed by atoms with Crippen molar-refractivity contribution in [3.8, 4) is 0 Å². The monoisotopic (exact) mass is 174 g/mol. The maximum absolute atomic E-state index is 5.38. The normalized spacial score (nSPS) is 11.5. The summed E-state index contributed by atoms with van der Waals surface area (Å²) in [5.41, 5.74) is 0. The molecule has 0 rings (SSSR count). The molecule has 0 spiro atoms. The van der Waals surface area contributed by atoms with Gasteiger partial charge in [0.05, 0.1) is 9.52 Å². The summed E-state index contributed by atoms with van der Waals surface area (Å²) in [6.07, 6.45) is 1.94. The van der Waals surface area contributed by atoms with Crippen LogP contribution in [0.3, 0.4) is 0 Å². The lowest BCUT2D eigenvalue weighted by Crippen LogP contribution is -2.24. The van der Waals surface area contributed by atoms with Crippen LogP contribution in [-0.4, -0.2) is 28.6 Å². The van der Waals surface area contributed by atoms with Crippen molar-refractivity contribution in [2.75, 3.05) is 13.2 Å². The third-order valence-electron chi connectivity index (χ3n) is 1.31. The maximum Gasteiger partial charge on any atom is 0.135 e. The molecule has 2 nitrogen and oxygen atoms in total. The maximum atomic E-state index is 5.38. The molecule has 0 aliphatic heterocycles. The zero-order chi connectivity index (χ0) is 8.53. The third-order valence-corrected chi connectivity index (χ3v) is 3.00. The van der Waals surface area contributed by atoms with Crippen molar-refractivity contribution in [2.45, 2.75) is 25.8 Å². The summed E-state index contributed by atoms with van der Waals surface area (Å²) < 4.78 is 10.8. The van der Waals surface area contributed by atoms with Gasteiger partial charge in [-0.15, -0.1) is 6.58 Å². The van der Waals surface area contributed by atoms with Gasteiger partial charge in [-0.3, -0.25) is 0 Å². The molecule has 3 heteroatoms. The van der Waals surface area contributed by atoms with E-state index in [-0.39, 0.29) is 15.4 Å². The predicted octanol–water partition coefficient (Wildman–Crippen LogP) is 1.12. The second kappa shape index (κ2) is 7.98. The first-order chi connectivity index (χ1) is 5.35. The van der Waals surface area contributed by atoms with Crippen LogP contribution in [0.2, 0.25) is 6.04 Å². The first-order valence-electron chi connectivity index (χ1n) is 4.19. The van der Waals surface area contributed by atoms with Gasteiger partial charge in [-0.2, -0.15) is 0 Å². The third kappa shape index (κ3) is 6.28. The van der Waals surface area contributed by atoms with E-state index in [2.05, 4.69) is 6.58 Å². The highest BCUT2D eigenvalue weighted by Gasteiger charge is 2.05. The van der Waals surface area contributed by atoms with Gasteiger partial charge in [-0.1, -0.05) is 6.08 Å². The number of ether oxygens (including phenoxy) is 2. The van der Waals surface area contributed by atoms with Gasteiger partial charge in [0.15, 0.2) is 0 Å². The molecule has 0 aromatic rings. The summed E-state index contributed by atoms with van der Waals surface area (Å²) >= 11 is 0. The topological polar surface area (TPSA) is 18.5 Å². The average molecular weight is 174 g/mol. The highest BCUT2D eigenvalue weighted by molar-refractivity contribution is 6.37. The Hall–Kier alpha value is -0.123. The molecule has 0 atom stereocenters. The molecule has 0 saturated carbocycles. The molecule has 0 aromatic heterocycles. The summed E-state index contributed by atoms with van der Waals surface area (Å²) in [5.74, 6) is 0.1000. The first kappa shape index (κ1) is 10.9. The lowest BCUT2D eigenvalue weighted by Gasteiger charge is -2.15. The average Bonchev–Trinajstić information content (AvgIpc) is 2.01. The molecule has 0 unspecified atom stereocenters. The number of hydrogen-bond acceptors (Lipinski definition) is 2. The smallest absolute Gasteiger partial charge is 0.135 e. The van der Waals surface area contributed by atoms with E-state index in [1.807, 2.05) is 19.9 Å². The molecule has 11 heavy (non-hydrogen) atoms. The van der Waals surface area contributed by atoms with Crippen LogP contribution >= 0.6 is 0 Å². The van der Waals surface area contributed by atoms with Crippen molar-refractivity contribution in [1.82, 2.24) is 0 Å². The molecule has 0 aliphatic rings. The van der Waals surface area contributed by atoms with Gasteiger partial charge in [0.1, 0.15) is 5.91 Å². The minimum atomic E-state index is -0.259. The van der Waals surface area contributed by atoms with Gasteiger partial charge in [-0.05, 0) is 19.9 Å². The zero-order valence-corrected chi connectivity index (χ0v) is 8.92. The van der Waals surface area contributed by atoms with E-state index in [1.54, 1.807) is 0 Å². The lowest BCUT2D eigenvalue weighted by molar-refractivity contribution is -0.0825. The van der Waals surface area contributed by atoms with Crippen molar-refractivity contribution in [3.05, 3.63) is 12.7 Å². The molecule has 0 amide bonds. The summed E-state index contributed by atoms with van der Waals surface area (Å²) in [7, 11) is -0.259. The van der Waals surface area contributed by atoms with Gasteiger partial charge in [0.25, 0.3) is 0 Å². The standard InChI is InChI=1S/C8H18O2Si/c1-4-7-11-8(9-5-2)10-6-3/h4,8H,1,5-7,11H2,2-3H3. The number of hydrogen-bond donors (Lipinski definition) is 0. The molecule has 0 aliphatic carbocycles. The number of rotatable bonds is 7. The van der Waals surface area contributed by atoms with Gasteiger partial charge in [-0.25, -0.2) is 0 Å². The second-order valence-corrected chi connectivity index (χ2v) is 4.03. The van der Waals surface area contributed by atoms with Crippen LogP contribution in [0, 0.1) is 0 Å². The highest BCUT2D eigenvalue weighted by Crippen LogP contribution is 1.95. The molecule has 0 bridgehead atoms. The Labute approximate surface area is 71.4 Å². The van der Waals surface area contributed by atoms with E-state index in [1.165, 1.54) is 0 Å². The van der Waals surface area contributed by atoms with E-state index in [4.69, 9.17) is 9.47 Å². The van der Waals surface area contributed by atoms with Gasteiger partial charge in [0.2, 0.25) is 0 Å². The molecule has 0 heterocycles. The van der Waals surface area contributed by atoms with Gasteiger partial charge >= 0.3 is 0 Å². The van der Waals surface area contributed by atoms with E-state index in [9.17, 15) is 0 Å². The Bertz CT molecular complexity index is 90.1. The molecule has 0 saturated heterocycles. The van der Waals surface area contributed by atoms with E-state index >= 15 is 0 Å². The Balaban J connectivity index is 3.41. The zero-order valence-electron chi connectivity index (χ0n) is 7.51. The first-order valence-corrected chi connectivity index (χ1v) is 6.00. The fourth-order valence-corrected chi connectivity index (χ4v) is 2.15. The Morgan fingerprint density at radius 1 is 1.36 bits per heavy atom. The lowest BCUT2D eigenvalue weighted by atomic mass is 10.8. The van der Waals surface area contributed by atoms with Crippen LogP contribution in [0.25, 0.3) is 0 Å². The highest BCUT2D eigenvalue weighted by atomic mass is 28.2. The van der Waals surface area contributed by atoms with Crippen LogP contribution in [0.15, 0.2) is 12.7 Å². The van der Waals surface area contributed by atoms with E-state index in [0.717, 1.165) is 19.3 Å². The molecule has 0 N–H and O–H groups in total. The van der Waals surface area contributed by atoms with E-state index in [0.29, 0.717) is 0 Å². The minimum absolute atomic E-state index is 0.1000. The van der Waals surface area contributed by atoms with Gasteiger partial charge in [0, 0.05) is 13.2 Å². The van der Waals surface area contributed by atoms with Gasteiger partial charge < -0.3 is 9.47 Å². The second-order valence-electron chi connectivity index (χ2n) is 2.21. The number of allylic oxidation sites excluding steroid dienone is 1. The van der Waals surface area contributed by atoms with Crippen molar-refractivity contribution < 1.29 is 9.47 Å². The summed E-state index contributed by atoms with van der Waals surface area (Å²) in [6.45, 7) is 9.15.